The first-order valence-corrected chi connectivity index (χ1v) is 9.96. The average molecular weight is 388 g/mol. The van der Waals surface area contributed by atoms with Crippen molar-refractivity contribution in [2.45, 2.75) is 40.2 Å². The molecule has 1 aliphatic rings. The Labute approximate surface area is 163 Å². The van der Waals surface area contributed by atoms with E-state index in [1.807, 2.05) is 6.92 Å². The minimum absolute atomic E-state index is 0.229. The quantitative estimate of drug-likeness (QED) is 0.822. The molecule has 1 aliphatic heterocycles. The molecule has 0 atom stereocenters. The van der Waals surface area contributed by atoms with E-state index in [2.05, 4.69) is 32.4 Å². The maximum atomic E-state index is 12.5. The van der Waals surface area contributed by atoms with Gasteiger partial charge in [0.25, 0.3) is 5.91 Å². The Bertz CT molecular complexity index is 827. The first-order chi connectivity index (χ1) is 12.9. The zero-order chi connectivity index (χ0) is 19.4. The van der Waals surface area contributed by atoms with Crippen LogP contribution in [0.2, 0.25) is 0 Å². The fourth-order valence-electron chi connectivity index (χ4n) is 3.04. The number of thiazole rings is 1. The number of piperidine rings is 1. The Morgan fingerprint density at radius 2 is 2.04 bits per heavy atom. The van der Waals surface area contributed by atoms with Crippen molar-refractivity contribution in [1.29, 1.82) is 0 Å². The third-order valence-electron chi connectivity index (χ3n) is 4.68. The van der Waals surface area contributed by atoms with Gasteiger partial charge in [0.05, 0.1) is 5.69 Å². The minimum atomic E-state index is -0.268. The molecule has 0 unspecified atom stereocenters. The number of carbonyl (C=O) groups is 2. The lowest BCUT2D eigenvalue weighted by Gasteiger charge is -2.29. The predicted molar refractivity (Wildman–Crippen MR) is 107 cm³/mol. The number of hydrogen-bond acceptors (Lipinski definition) is 6. The molecule has 144 valence electrons. The van der Waals surface area contributed by atoms with Gasteiger partial charge in [0.15, 0.2) is 5.13 Å². The van der Waals surface area contributed by atoms with Gasteiger partial charge in [0.2, 0.25) is 5.91 Å². The third-order valence-corrected chi connectivity index (χ3v) is 5.74. The van der Waals surface area contributed by atoms with E-state index < -0.39 is 0 Å². The van der Waals surface area contributed by atoms with Crippen molar-refractivity contribution < 1.29 is 9.59 Å². The largest absolute Gasteiger partial charge is 0.311 e. The van der Waals surface area contributed by atoms with E-state index in [0.29, 0.717) is 16.5 Å². The van der Waals surface area contributed by atoms with Gasteiger partial charge in [-0.05, 0) is 50.9 Å². The molecule has 27 heavy (non-hydrogen) atoms. The monoisotopic (exact) mass is 387 g/mol. The van der Waals surface area contributed by atoms with Crippen LogP contribution in [0, 0.1) is 12.8 Å². The number of carbonyl (C=O) groups excluding carboxylic acids is 2. The Morgan fingerprint density at radius 3 is 2.74 bits per heavy atom. The Morgan fingerprint density at radius 1 is 1.30 bits per heavy atom. The number of rotatable bonds is 5. The maximum Gasteiger partial charge on any atom is 0.257 e. The zero-order valence-corrected chi connectivity index (χ0v) is 16.7. The van der Waals surface area contributed by atoms with Gasteiger partial charge in [-0.3, -0.25) is 19.8 Å². The second kappa shape index (κ2) is 8.58. The van der Waals surface area contributed by atoms with Crippen molar-refractivity contribution in [3.63, 3.8) is 0 Å². The number of amides is 2. The third kappa shape index (κ3) is 5.33. The summed E-state index contributed by atoms with van der Waals surface area (Å²) in [6.07, 6.45) is 3.97. The molecule has 2 amide bonds. The normalized spacial score (nSPS) is 15.5. The Kier molecular flexibility index (Phi) is 6.18. The van der Waals surface area contributed by atoms with Gasteiger partial charge in [-0.15, -0.1) is 11.3 Å². The second-order valence-electron chi connectivity index (χ2n) is 7.05. The number of nitrogens with one attached hydrogen (secondary N) is 2. The van der Waals surface area contributed by atoms with E-state index in [-0.39, 0.29) is 11.8 Å². The summed E-state index contributed by atoms with van der Waals surface area (Å²) in [5, 5.41) is 6.02. The second-order valence-corrected chi connectivity index (χ2v) is 8.13. The van der Waals surface area contributed by atoms with Crippen molar-refractivity contribution in [3.05, 3.63) is 34.5 Å². The predicted octanol–water partition coefficient (Wildman–Crippen LogP) is 3.29. The molecule has 0 spiro atoms. The summed E-state index contributed by atoms with van der Waals surface area (Å²) in [5.41, 5.74) is 1.38. The summed E-state index contributed by atoms with van der Waals surface area (Å²) >= 11 is 1.52. The lowest BCUT2D eigenvalue weighted by Crippen LogP contribution is -2.32. The highest BCUT2D eigenvalue weighted by Crippen LogP contribution is 2.26. The van der Waals surface area contributed by atoms with E-state index in [9.17, 15) is 9.59 Å². The van der Waals surface area contributed by atoms with E-state index in [1.54, 1.807) is 12.1 Å². The first kappa shape index (κ1) is 19.4. The number of pyridine rings is 1. The number of aryl methyl sites for hydroxylation is 1. The van der Waals surface area contributed by atoms with E-state index in [1.165, 1.54) is 42.2 Å². The van der Waals surface area contributed by atoms with Gasteiger partial charge in [-0.2, -0.15) is 0 Å². The number of aromatic nitrogens is 2. The minimum Gasteiger partial charge on any atom is -0.311 e. The van der Waals surface area contributed by atoms with Gasteiger partial charge >= 0.3 is 0 Å². The SMILES string of the molecule is CC(=O)Nc1cc(C(=O)Nc2nc(C)c(CN3CCC(C)CC3)s2)ccn1. The summed E-state index contributed by atoms with van der Waals surface area (Å²) in [4.78, 5) is 35.8. The van der Waals surface area contributed by atoms with Crippen LogP contribution in [0.4, 0.5) is 10.9 Å². The van der Waals surface area contributed by atoms with E-state index in [0.717, 1.165) is 31.2 Å². The lowest BCUT2D eigenvalue weighted by molar-refractivity contribution is -0.114. The molecule has 0 radical (unpaired) electrons. The molecule has 7 nitrogen and oxygen atoms in total. The molecular formula is C19H25N5O2S. The molecule has 3 heterocycles. The molecule has 2 aromatic rings. The van der Waals surface area contributed by atoms with Crippen LogP contribution < -0.4 is 10.6 Å². The van der Waals surface area contributed by atoms with Crippen LogP contribution in [-0.2, 0) is 11.3 Å². The van der Waals surface area contributed by atoms with Gasteiger partial charge in [0.1, 0.15) is 5.82 Å². The van der Waals surface area contributed by atoms with Crippen LogP contribution >= 0.6 is 11.3 Å². The highest BCUT2D eigenvalue weighted by Gasteiger charge is 2.19. The highest BCUT2D eigenvalue weighted by molar-refractivity contribution is 7.15. The van der Waals surface area contributed by atoms with Crippen LogP contribution in [0.5, 0.6) is 0 Å². The smallest absolute Gasteiger partial charge is 0.257 e. The van der Waals surface area contributed by atoms with E-state index in [4.69, 9.17) is 0 Å². The molecule has 0 bridgehead atoms. The molecule has 3 rings (SSSR count). The van der Waals surface area contributed by atoms with E-state index >= 15 is 0 Å². The number of likely N-dealkylation sites (tertiary alicyclic amines) is 1. The molecule has 2 aromatic heterocycles. The zero-order valence-electron chi connectivity index (χ0n) is 15.9. The van der Waals surface area contributed by atoms with Crippen LogP contribution in [-0.4, -0.2) is 39.8 Å². The molecule has 1 fully saturated rings. The van der Waals surface area contributed by atoms with Crippen LogP contribution in [0.25, 0.3) is 0 Å². The maximum absolute atomic E-state index is 12.5. The molecule has 8 heteroatoms. The van der Waals surface area contributed by atoms with Crippen molar-refractivity contribution in [2.24, 2.45) is 5.92 Å². The van der Waals surface area contributed by atoms with Crippen molar-refractivity contribution in [3.8, 4) is 0 Å². The van der Waals surface area contributed by atoms with Crippen molar-refractivity contribution in [1.82, 2.24) is 14.9 Å². The summed E-state index contributed by atoms with van der Waals surface area (Å²) in [6.45, 7) is 8.80. The fraction of sp³-hybridized carbons (Fsp3) is 0.474. The van der Waals surface area contributed by atoms with Gasteiger partial charge in [-0.25, -0.2) is 9.97 Å². The summed E-state index contributed by atoms with van der Waals surface area (Å²) in [6, 6.07) is 3.16. The van der Waals surface area contributed by atoms with Gasteiger partial charge < -0.3 is 5.32 Å². The lowest BCUT2D eigenvalue weighted by atomic mass is 9.99. The molecule has 0 saturated carbocycles. The Hall–Kier alpha value is -2.32. The van der Waals surface area contributed by atoms with Crippen LogP contribution in [0.3, 0.4) is 0 Å². The van der Waals surface area contributed by atoms with Crippen molar-refractivity contribution >= 4 is 34.1 Å². The molecular weight excluding hydrogens is 362 g/mol. The standard InChI is InChI=1S/C19H25N5O2S/c1-12-5-8-24(9-6-12)11-16-13(2)21-19(27-16)23-18(26)15-4-7-20-17(10-15)22-14(3)25/h4,7,10,12H,5-6,8-9,11H2,1-3H3,(H,20,22,25)(H,21,23,26). The van der Waals surface area contributed by atoms with Crippen molar-refractivity contribution in [2.75, 3.05) is 23.7 Å². The highest BCUT2D eigenvalue weighted by atomic mass is 32.1. The number of anilines is 2. The molecule has 0 aromatic carbocycles. The number of hydrogen-bond donors (Lipinski definition) is 2. The summed E-state index contributed by atoms with van der Waals surface area (Å²) in [5.74, 6) is 0.662. The molecule has 1 saturated heterocycles. The fourth-order valence-corrected chi connectivity index (χ4v) is 4.04. The van der Waals surface area contributed by atoms with Gasteiger partial charge in [0, 0.05) is 30.1 Å². The Balaban J connectivity index is 1.64. The van der Waals surface area contributed by atoms with Crippen LogP contribution in [0.15, 0.2) is 18.3 Å². The summed E-state index contributed by atoms with van der Waals surface area (Å²) < 4.78 is 0. The first-order valence-electron chi connectivity index (χ1n) is 9.14. The average Bonchev–Trinajstić information content (AvgIpc) is 2.95. The molecule has 0 aliphatic carbocycles. The number of nitrogens with zero attached hydrogens (tertiary/aromatic N) is 3. The van der Waals surface area contributed by atoms with Gasteiger partial charge in [-0.1, -0.05) is 6.92 Å². The summed E-state index contributed by atoms with van der Waals surface area (Å²) in [7, 11) is 0. The topological polar surface area (TPSA) is 87.2 Å². The molecule has 2 N–H and O–H groups in total. The van der Waals surface area contributed by atoms with Crippen LogP contribution in [0.1, 0.15) is 47.6 Å².